The molecule has 1 aliphatic heterocycles. The normalized spacial score (nSPS) is 22.9. The van der Waals surface area contributed by atoms with Crippen molar-refractivity contribution in [3.05, 3.63) is 52.5 Å². The Kier molecular flexibility index (Phi) is 4.56. The van der Waals surface area contributed by atoms with Gasteiger partial charge < -0.3 is 10.2 Å². The number of phenolic OH excluding ortho intramolecular Hbond substituents is 2. The average molecular weight is 369 g/mol. The van der Waals surface area contributed by atoms with Crippen LogP contribution in [0.4, 0.5) is 0 Å². The van der Waals surface area contributed by atoms with E-state index in [0.717, 1.165) is 34.5 Å². The maximum absolute atomic E-state index is 10.5. The van der Waals surface area contributed by atoms with Crippen LogP contribution in [0, 0.1) is 0 Å². The first-order chi connectivity index (χ1) is 12.6. The van der Waals surface area contributed by atoms with Crippen LogP contribution in [0.3, 0.4) is 0 Å². The summed E-state index contributed by atoms with van der Waals surface area (Å²) in [6.45, 7) is 4.20. The molecule has 0 saturated carbocycles. The van der Waals surface area contributed by atoms with E-state index >= 15 is 0 Å². The number of nitrogens with one attached hydrogen (secondary N) is 2. The maximum atomic E-state index is 10.5. The molecule has 0 amide bonds. The quantitative estimate of drug-likeness (QED) is 0.560. The van der Waals surface area contributed by atoms with Crippen LogP contribution in [0.15, 0.2) is 36.4 Å². The Bertz CT molecular complexity index is 907. The molecule has 0 bridgehead atoms. The third-order valence-electron chi connectivity index (χ3n) is 5.04. The highest BCUT2D eigenvalue weighted by Crippen LogP contribution is 2.44. The van der Waals surface area contributed by atoms with Crippen LogP contribution >= 0.6 is 11.3 Å². The fourth-order valence-corrected chi connectivity index (χ4v) is 4.92. The van der Waals surface area contributed by atoms with Crippen LogP contribution in [0.1, 0.15) is 48.4 Å². The minimum Gasteiger partial charge on any atom is -0.508 e. The van der Waals surface area contributed by atoms with Crippen LogP contribution in [0.2, 0.25) is 0 Å². The van der Waals surface area contributed by atoms with E-state index in [-0.39, 0.29) is 29.5 Å². The van der Waals surface area contributed by atoms with Crippen LogP contribution in [0.5, 0.6) is 11.5 Å². The Hall–Kier alpha value is -2.15. The Morgan fingerprint density at radius 1 is 1.12 bits per heavy atom. The molecule has 26 heavy (non-hydrogen) atoms. The van der Waals surface area contributed by atoms with Crippen molar-refractivity contribution in [2.45, 2.75) is 44.7 Å². The van der Waals surface area contributed by atoms with Crippen LogP contribution in [0.25, 0.3) is 10.2 Å². The molecule has 4 rings (SSSR count). The van der Waals surface area contributed by atoms with E-state index < -0.39 is 0 Å². The van der Waals surface area contributed by atoms with Crippen molar-refractivity contribution in [1.82, 2.24) is 15.8 Å². The molecule has 0 aliphatic carbocycles. The third kappa shape index (κ3) is 2.94. The van der Waals surface area contributed by atoms with Gasteiger partial charge in [0.05, 0.1) is 16.3 Å². The number of rotatable bonds is 4. The van der Waals surface area contributed by atoms with Gasteiger partial charge in [0.1, 0.15) is 16.5 Å². The minimum absolute atomic E-state index is 0.0947. The molecule has 2 aromatic carbocycles. The summed E-state index contributed by atoms with van der Waals surface area (Å²) in [6, 6.07) is 11.6. The highest BCUT2D eigenvalue weighted by atomic mass is 32.1. The van der Waals surface area contributed by atoms with Crippen molar-refractivity contribution >= 4 is 21.6 Å². The summed E-state index contributed by atoms with van der Waals surface area (Å²) in [5, 5.41) is 21.7. The lowest BCUT2D eigenvalue weighted by molar-refractivity contribution is 0.428. The monoisotopic (exact) mass is 369 g/mol. The van der Waals surface area contributed by atoms with Crippen molar-refractivity contribution < 1.29 is 10.2 Å². The smallest absolute Gasteiger partial charge is 0.124 e. The minimum atomic E-state index is -0.109. The maximum Gasteiger partial charge on any atom is 0.124 e. The van der Waals surface area contributed by atoms with Gasteiger partial charge in [0.15, 0.2) is 0 Å². The third-order valence-corrected chi connectivity index (χ3v) is 6.18. The molecule has 1 aliphatic rings. The molecule has 2 heterocycles. The van der Waals surface area contributed by atoms with Crippen molar-refractivity contribution in [3.63, 3.8) is 0 Å². The number of nitrogens with zero attached hydrogens (tertiary/aromatic N) is 1. The van der Waals surface area contributed by atoms with Crippen molar-refractivity contribution in [3.8, 4) is 11.5 Å². The molecule has 5 nitrogen and oxygen atoms in total. The molecular formula is C20H23N3O2S. The molecule has 1 fully saturated rings. The van der Waals surface area contributed by atoms with Gasteiger partial charge in [-0.1, -0.05) is 25.5 Å². The van der Waals surface area contributed by atoms with Crippen molar-refractivity contribution in [2.24, 2.45) is 0 Å². The fourth-order valence-electron chi connectivity index (χ4n) is 3.71. The second-order valence-corrected chi connectivity index (χ2v) is 7.95. The van der Waals surface area contributed by atoms with Crippen molar-refractivity contribution in [2.75, 3.05) is 0 Å². The number of para-hydroxylation sites is 1. The van der Waals surface area contributed by atoms with Gasteiger partial charge in [-0.15, -0.1) is 11.3 Å². The van der Waals surface area contributed by atoms with Gasteiger partial charge in [0.25, 0.3) is 0 Å². The lowest BCUT2D eigenvalue weighted by Gasteiger charge is -2.21. The summed E-state index contributed by atoms with van der Waals surface area (Å²) >= 11 is 1.70. The Morgan fingerprint density at radius 2 is 1.92 bits per heavy atom. The molecular weight excluding hydrogens is 346 g/mol. The standard InChI is InChI=1S/C20H23N3O2S/c1-3-6-12-9-13(16(25)10-15(12)24)19-18(11(2)22-23-19)20-21-14-7-4-5-8-17(14)26-20/h4-5,7-11,18-19,22-25H,3,6H2,1-2H3. The van der Waals surface area contributed by atoms with E-state index in [4.69, 9.17) is 4.98 Å². The summed E-state index contributed by atoms with van der Waals surface area (Å²) in [6.07, 6.45) is 1.71. The fraction of sp³-hybridized carbons (Fsp3) is 0.350. The summed E-state index contributed by atoms with van der Waals surface area (Å²) in [5.41, 5.74) is 9.29. The largest absolute Gasteiger partial charge is 0.508 e. The zero-order valence-electron chi connectivity index (χ0n) is 14.9. The zero-order chi connectivity index (χ0) is 18.3. The first-order valence-electron chi connectivity index (χ1n) is 8.99. The number of hydrazine groups is 1. The van der Waals surface area contributed by atoms with Crippen LogP contribution < -0.4 is 10.9 Å². The molecule has 136 valence electrons. The molecule has 3 aromatic rings. The molecule has 1 saturated heterocycles. The molecule has 4 N–H and O–H groups in total. The van der Waals surface area contributed by atoms with E-state index in [1.54, 1.807) is 11.3 Å². The second-order valence-electron chi connectivity index (χ2n) is 6.89. The predicted molar refractivity (Wildman–Crippen MR) is 105 cm³/mol. The van der Waals surface area contributed by atoms with Gasteiger partial charge >= 0.3 is 0 Å². The number of hydrogen-bond donors (Lipinski definition) is 4. The van der Waals surface area contributed by atoms with Gasteiger partial charge in [-0.2, -0.15) is 0 Å². The summed E-state index contributed by atoms with van der Waals surface area (Å²) < 4.78 is 1.17. The van der Waals surface area contributed by atoms with E-state index in [1.807, 2.05) is 24.3 Å². The molecule has 6 heteroatoms. The molecule has 0 radical (unpaired) electrons. The molecule has 3 unspecified atom stereocenters. The Labute approximate surface area is 156 Å². The number of aromatic hydroxyl groups is 2. The van der Waals surface area contributed by atoms with E-state index in [9.17, 15) is 10.2 Å². The summed E-state index contributed by atoms with van der Waals surface area (Å²) in [7, 11) is 0. The number of aryl methyl sites for hydroxylation is 1. The van der Waals surface area contributed by atoms with Crippen molar-refractivity contribution in [1.29, 1.82) is 0 Å². The lowest BCUT2D eigenvalue weighted by atomic mass is 9.88. The van der Waals surface area contributed by atoms with Crippen LogP contribution in [-0.2, 0) is 6.42 Å². The molecule has 0 spiro atoms. The summed E-state index contributed by atoms with van der Waals surface area (Å²) in [5.74, 6) is 0.364. The van der Waals surface area contributed by atoms with Crippen LogP contribution in [-0.4, -0.2) is 21.2 Å². The van der Waals surface area contributed by atoms with E-state index in [2.05, 4.69) is 30.8 Å². The first kappa shape index (κ1) is 17.3. The number of phenols is 2. The zero-order valence-corrected chi connectivity index (χ0v) is 15.7. The topological polar surface area (TPSA) is 77.4 Å². The summed E-state index contributed by atoms with van der Waals surface area (Å²) in [4.78, 5) is 4.83. The number of fused-ring (bicyclic) bond motifs is 1. The first-order valence-corrected chi connectivity index (χ1v) is 9.81. The van der Waals surface area contributed by atoms with E-state index in [0.29, 0.717) is 0 Å². The highest BCUT2D eigenvalue weighted by molar-refractivity contribution is 7.18. The lowest BCUT2D eigenvalue weighted by Crippen LogP contribution is -2.29. The average Bonchev–Trinajstić information content (AvgIpc) is 3.20. The predicted octanol–water partition coefficient (Wildman–Crippen LogP) is 3.98. The van der Waals surface area contributed by atoms with Gasteiger partial charge in [-0.25, -0.2) is 10.4 Å². The number of thiazole rings is 1. The SMILES string of the molecule is CCCc1cc(C2NNC(C)C2c2nc3ccccc3s2)c(O)cc1O. The van der Waals surface area contributed by atoms with Gasteiger partial charge in [0.2, 0.25) is 0 Å². The van der Waals surface area contributed by atoms with Gasteiger partial charge in [-0.3, -0.25) is 5.43 Å². The molecule has 1 aromatic heterocycles. The highest BCUT2D eigenvalue weighted by Gasteiger charge is 2.39. The molecule has 3 atom stereocenters. The number of hydrogen-bond acceptors (Lipinski definition) is 6. The number of aromatic nitrogens is 1. The van der Waals surface area contributed by atoms with E-state index in [1.165, 1.54) is 10.8 Å². The Balaban J connectivity index is 1.77. The van der Waals surface area contributed by atoms with Gasteiger partial charge in [-0.05, 0) is 37.1 Å². The Morgan fingerprint density at radius 3 is 2.69 bits per heavy atom. The second kappa shape index (κ2) is 6.87. The number of benzene rings is 2. The van der Waals surface area contributed by atoms with Gasteiger partial charge in [0, 0.05) is 23.6 Å².